The first-order valence-corrected chi connectivity index (χ1v) is 6.09. The summed E-state index contributed by atoms with van der Waals surface area (Å²) < 4.78 is 9.73. The van der Waals surface area contributed by atoms with Crippen molar-refractivity contribution in [2.75, 3.05) is 7.11 Å². The predicted molar refractivity (Wildman–Crippen MR) is 71.7 cm³/mol. The Morgan fingerprint density at radius 2 is 2.05 bits per heavy atom. The lowest BCUT2D eigenvalue weighted by Gasteiger charge is -2.05. The van der Waals surface area contributed by atoms with Gasteiger partial charge in [0.15, 0.2) is 0 Å². The second kappa shape index (κ2) is 6.55. The molecule has 0 aliphatic rings. The molecule has 0 spiro atoms. The summed E-state index contributed by atoms with van der Waals surface area (Å²) in [6.07, 6.45) is 1.46. The number of hydrogen-bond acceptors (Lipinski definition) is 5. The van der Waals surface area contributed by atoms with Crippen molar-refractivity contribution < 1.29 is 13.9 Å². The Labute approximate surface area is 116 Å². The highest BCUT2D eigenvalue weighted by molar-refractivity contribution is 5.87. The second-order valence-electron chi connectivity index (χ2n) is 4.18. The smallest absolute Gasteiger partial charge is 0.374 e. The number of methoxy groups -OCH3 is 1. The molecule has 102 valence electrons. The Hall–Kier alpha value is -2.58. The van der Waals surface area contributed by atoms with Crippen LogP contribution in [0.5, 0.6) is 0 Å². The number of carbonyl (C=O) groups is 1. The Morgan fingerprint density at radius 3 is 2.70 bits per heavy atom. The van der Waals surface area contributed by atoms with E-state index >= 15 is 0 Å². The largest absolute Gasteiger partial charge is 0.463 e. The molecule has 0 amide bonds. The Morgan fingerprint density at radius 1 is 1.30 bits per heavy atom. The maximum Gasteiger partial charge on any atom is 0.374 e. The third-order valence-corrected chi connectivity index (χ3v) is 2.85. The van der Waals surface area contributed by atoms with Crippen molar-refractivity contribution >= 4 is 5.97 Å². The first-order valence-electron chi connectivity index (χ1n) is 6.09. The Balaban J connectivity index is 1.91. The van der Waals surface area contributed by atoms with Crippen LogP contribution in [0.15, 0.2) is 41.0 Å². The number of nitriles is 1. The number of benzene rings is 1. The molecule has 1 heterocycles. The molecular weight excluding hydrogens is 256 g/mol. The molecule has 2 rings (SSSR count). The zero-order valence-corrected chi connectivity index (χ0v) is 11.1. The van der Waals surface area contributed by atoms with E-state index in [0.29, 0.717) is 18.7 Å². The monoisotopic (exact) mass is 270 g/mol. The zero-order chi connectivity index (χ0) is 14.4. The number of carbonyl (C=O) groups excluding carboxylic acids is 1. The van der Waals surface area contributed by atoms with Crippen molar-refractivity contribution in [3.05, 3.63) is 59.0 Å². The van der Waals surface area contributed by atoms with Crippen molar-refractivity contribution in [2.24, 2.45) is 0 Å². The molecule has 1 aromatic heterocycles. The van der Waals surface area contributed by atoms with Gasteiger partial charge in [0.25, 0.3) is 0 Å². The molecule has 0 bridgehead atoms. The first kappa shape index (κ1) is 13.8. The van der Waals surface area contributed by atoms with E-state index in [4.69, 9.17) is 9.68 Å². The summed E-state index contributed by atoms with van der Waals surface area (Å²) in [5.74, 6) is -0.259. The summed E-state index contributed by atoms with van der Waals surface area (Å²) in [6.45, 7) is 1.14. The topological polar surface area (TPSA) is 75.3 Å². The van der Waals surface area contributed by atoms with Crippen LogP contribution in [-0.2, 0) is 17.8 Å². The number of rotatable bonds is 5. The highest BCUT2D eigenvalue weighted by Gasteiger charge is 2.14. The van der Waals surface area contributed by atoms with Crippen molar-refractivity contribution in [1.29, 1.82) is 5.26 Å². The summed E-state index contributed by atoms with van der Waals surface area (Å²) in [4.78, 5) is 11.4. The lowest BCUT2D eigenvalue weighted by Crippen LogP contribution is -2.14. The van der Waals surface area contributed by atoms with Gasteiger partial charge in [0.05, 0.1) is 25.0 Å². The van der Waals surface area contributed by atoms with Crippen LogP contribution >= 0.6 is 0 Å². The average Bonchev–Trinajstić information content (AvgIpc) is 2.95. The van der Waals surface area contributed by atoms with Crippen LogP contribution in [0.25, 0.3) is 0 Å². The summed E-state index contributed by atoms with van der Waals surface area (Å²) in [5, 5.41) is 11.9. The van der Waals surface area contributed by atoms with E-state index in [-0.39, 0.29) is 5.76 Å². The van der Waals surface area contributed by atoms with Crippen molar-refractivity contribution in [2.45, 2.75) is 13.1 Å². The van der Waals surface area contributed by atoms with Gasteiger partial charge in [-0.25, -0.2) is 4.79 Å². The molecular formula is C15H14N2O3. The first-order chi connectivity index (χ1) is 9.74. The maximum absolute atomic E-state index is 11.4. The number of nitrogens with zero attached hydrogens (tertiary/aromatic N) is 1. The third-order valence-electron chi connectivity index (χ3n) is 2.85. The van der Waals surface area contributed by atoms with E-state index in [1.54, 1.807) is 18.2 Å². The van der Waals surface area contributed by atoms with Crippen LogP contribution in [0.4, 0.5) is 0 Å². The zero-order valence-electron chi connectivity index (χ0n) is 11.1. The van der Waals surface area contributed by atoms with Gasteiger partial charge in [0.1, 0.15) is 0 Å². The lowest BCUT2D eigenvalue weighted by atomic mass is 10.1. The van der Waals surface area contributed by atoms with Crippen LogP contribution in [-0.4, -0.2) is 13.1 Å². The van der Waals surface area contributed by atoms with Gasteiger partial charge in [-0.05, 0) is 23.8 Å². The van der Waals surface area contributed by atoms with Crippen molar-refractivity contribution in [1.82, 2.24) is 5.32 Å². The fourth-order valence-electron chi connectivity index (χ4n) is 1.79. The SMILES string of the molecule is COC(=O)c1occc1CNCc1ccc(C#N)cc1. The highest BCUT2D eigenvalue weighted by atomic mass is 16.5. The molecule has 1 N–H and O–H groups in total. The van der Waals surface area contributed by atoms with Crippen LogP contribution < -0.4 is 5.32 Å². The van der Waals surface area contributed by atoms with Crippen molar-refractivity contribution in [3.8, 4) is 6.07 Å². The highest BCUT2D eigenvalue weighted by Crippen LogP contribution is 2.12. The summed E-state index contributed by atoms with van der Waals surface area (Å²) in [6, 6.07) is 11.1. The molecule has 0 saturated heterocycles. The number of hydrogen-bond donors (Lipinski definition) is 1. The second-order valence-corrected chi connectivity index (χ2v) is 4.18. The van der Waals surface area contributed by atoms with Crippen LogP contribution in [0.2, 0.25) is 0 Å². The van der Waals surface area contributed by atoms with Gasteiger partial charge in [-0.15, -0.1) is 0 Å². The van der Waals surface area contributed by atoms with E-state index in [2.05, 4.69) is 16.1 Å². The number of esters is 1. The minimum absolute atomic E-state index is 0.222. The molecule has 2 aromatic rings. The van der Waals surface area contributed by atoms with E-state index in [1.807, 2.05) is 12.1 Å². The number of furan rings is 1. The fraction of sp³-hybridized carbons (Fsp3) is 0.200. The molecule has 5 heteroatoms. The van der Waals surface area contributed by atoms with E-state index < -0.39 is 5.97 Å². The molecule has 1 aromatic carbocycles. The van der Waals surface area contributed by atoms with Crippen LogP contribution in [0.3, 0.4) is 0 Å². The van der Waals surface area contributed by atoms with Gasteiger partial charge >= 0.3 is 5.97 Å². The minimum atomic E-state index is -0.481. The van der Waals surface area contributed by atoms with Crippen LogP contribution in [0, 0.1) is 11.3 Å². The van der Waals surface area contributed by atoms with Gasteiger partial charge in [0.2, 0.25) is 5.76 Å². The van der Waals surface area contributed by atoms with E-state index in [0.717, 1.165) is 11.1 Å². The minimum Gasteiger partial charge on any atom is -0.463 e. The summed E-state index contributed by atoms with van der Waals surface area (Å²) in [5.41, 5.74) is 2.45. The molecule has 0 aliphatic carbocycles. The van der Waals surface area contributed by atoms with Gasteiger partial charge in [-0.2, -0.15) is 5.26 Å². The fourth-order valence-corrected chi connectivity index (χ4v) is 1.79. The number of nitrogens with one attached hydrogen (secondary N) is 1. The third kappa shape index (κ3) is 3.25. The molecule has 0 atom stereocenters. The maximum atomic E-state index is 11.4. The molecule has 5 nitrogen and oxygen atoms in total. The van der Waals surface area contributed by atoms with Gasteiger partial charge < -0.3 is 14.5 Å². The van der Waals surface area contributed by atoms with Gasteiger partial charge in [-0.3, -0.25) is 0 Å². The standard InChI is InChI=1S/C15H14N2O3/c1-19-15(18)14-13(6-7-20-14)10-17-9-12-4-2-11(8-16)3-5-12/h2-7,17H,9-10H2,1H3. The Kier molecular flexibility index (Phi) is 4.53. The molecule has 0 unspecified atom stereocenters. The number of ether oxygens (including phenoxy) is 1. The molecule has 0 aliphatic heterocycles. The lowest BCUT2D eigenvalue weighted by molar-refractivity contribution is 0.0563. The molecule has 0 fully saturated rings. The predicted octanol–water partition coefficient (Wildman–Crippen LogP) is 2.23. The van der Waals surface area contributed by atoms with E-state index in [9.17, 15) is 4.79 Å². The van der Waals surface area contributed by atoms with Crippen LogP contribution in [0.1, 0.15) is 27.2 Å². The molecule has 0 saturated carbocycles. The van der Waals surface area contributed by atoms with E-state index in [1.165, 1.54) is 13.4 Å². The van der Waals surface area contributed by atoms with Crippen molar-refractivity contribution in [3.63, 3.8) is 0 Å². The van der Waals surface area contributed by atoms with Gasteiger partial charge in [-0.1, -0.05) is 12.1 Å². The Bertz CT molecular complexity index is 623. The van der Waals surface area contributed by atoms with Gasteiger partial charge in [0, 0.05) is 18.7 Å². The average molecular weight is 270 g/mol. The molecule has 0 radical (unpaired) electrons. The quantitative estimate of drug-likeness (QED) is 0.843. The summed E-state index contributed by atoms with van der Waals surface area (Å²) in [7, 11) is 1.32. The normalized spacial score (nSPS) is 10.0. The molecule has 20 heavy (non-hydrogen) atoms. The summed E-state index contributed by atoms with van der Waals surface area (Å²) >= 11 is 0.